The van der Waals surface area contributed by atoms with Crippen LogP contribution in [-0.4, -0.2) is 17.3 Å². The van der Waals surface area contributed by atoms with Gasteiger partial charge in [0, 0.05) is 16.5 Å². The van der Waals surface area contributed by atoms with E-state index >= 15 is 0 Å². The number of halogens is 1. The Balaban J connectivity index is 2.40. The van der Waals surface area contributed by atoms with Gasteiger partial charge < -0.3 is 10.5 Å². The predicted molar refractivity (Wildman–Crippen MR) is 77.9 cm³/mol. The van der Waals surface area contributed by atoms with E-state index in [2.05, 4.69) is 0 Å². The lowest BCUT2D eigenvalue weighted by atomic mass is 10.2. The molecule has 100 valence electrons. The summed E-state index contributed by atoms with van der Waals surface area (Å²) in [7, 11) is 0. The molecule has 0 amide bonds. The largest absolute Gasteiger partial charge is 0.459 e. The number of hydrogen-bond donors (Lipinski definition) is 1. The molecule has 0 aromatic heterocycles. The summed E-state index contributed by atoms with van der Waals surface area (Å²) in [6, 6.07) is 5.38. The van der Waals surface area contributed by atoms with E-state index in [4.69, 9.17) is 22.1 Å². The Morgan fingerprint density at radius 3 is 2.67 bits per heavy atom. The van der Waals surface area contributed by atoms with Crippen molar-refractivity contribution in [3.63, 3.8) is 0 Å². The maximum atomic E-state index is 11.5. The van der Waals surface area contributed by atoms with E-state index in [1.807, 2.05) is 26.8 Å². The first-order valence-corrected chi connectivity index (χ1v) is 7.15. The number of ether oxygens (including phenoxy) is 1. The highest BCUT2D eigenvalue weighted by Crippen LogP contribution is 2.22. The third-order valence-corrected chi connectivity index (χ3v) is 3.20. The molecule has 3 nitrogen and oxygen atoms in total. The molecular formula is C13H18ClNO2S. The lowest BCUT2D eigenvalue weighted by Gasteiger charge is -2.19. The summed E-state index contributed by atoms with van der Waals surface area (Å²) in [5.74, 6) is 0.779. The number of benzene rings is 1. The second-order valence-corrected chi connectivity index (χ2v) is 6.34. The van der Waals surface area contributed by atoms with E-state index in [0.29, 0.717) is 22.2 Å². The van der Waals surface area contributed by atoms with E-state index in [1.165, 1.54) is 11.8 Å². The SMILES string of the molecule is CC(C)(C)OC(=O)CSCc1ccc(Cl)cc1N. The van der Waals surface area contributed by atoms with Gasteiger partial charge in [-0.15, -0.1) is 11.8 Å². The van der Waals surface area contributed by atoms with Crippen molar-refractivity contribution < 1.29 is 9.53 Å². The molecule has 18 heavy (non-hydrogen) atoms. The Kier molecular flexibility index (Phi) is 5.35. The molecule has 0 aliphatic heterocycles. The van der Waals surface area contributed by atoms with Crippen molar-refractivity contribution in [2.45, 2.75) is 32.1 Å². The monoisotopic (exact) mass is 287 g/mol. The summed E-state index contributed by atoms with van der Waals surface area (Å²) < 4.78 is 5.21. The first kappa shape index (κ1) is 15.2. The van der Waals surface area contributed by atoms with Gasteiger partial charge in [0.1, 0.15) is 5.60 Å². The molecule has 1 aromatic rings. The maximum absolute atomic E-state index is 11.5. The molecule has 0 unspecified atom stereocenters. The normalized spacial score (nSPS) is 11.3. The minimum atomic E-state index is -0.434. The standard InChI is InChI=1S/C13H18ClNO2S/c1-13(2,3)17-12(16)8-18-7-9-4-5-10(14)6-11(9)15/h4-6H,7-8,15H2,1-3H3. The van der Waals surface area contributed by atoms with Crippen molar-refractivity contribution in [3.05, 3.63) is 28.8 Å². The summed E-state index contributed by atoms with van der Waals surface area (Å²) in [4.78, 5) is 11.5. The van der Waals surface area contributed by atoms with Crippen LogP contribution in [0.4, 0.5) is 5.69 Å². The molecule has 0 fully saturated rings. The number of carbonyl (C=O) groups excluding carboxylic acids is 1. The molecule has 0 aliphatic rings. The van der Waals surface area contributed by atoms with Gasteiger partial charge in [-0.25, -0.2) is 0 Å². The van der Waals surface area contributed by atoms with Crippen LogP contribution in [0.2, 0.25) is 5.02 Å². The molecule has 0 heterocycles. The third-order valence-electron chi connectivity index (χ3n) is 2.01. The molecule has 0 bridgehead atoms. The number of esters is 1. The average Bonchev–Trinajstić information content (AvgIpc) is 2.18. The summed E-state index contributed by atoms with van der Waals surface area (Å²) >= 11 is 7.29. The zero-order valence-corrected chi connectivity index (χ0v) is 12.4. The second-order valence-electron chi connectivity index (χ2n) is 4.92. The molecular weight excluding hydrogens is 270 g/mol. The number of thioether (sulfide) groups is 1. The minimum Gasteiger partial charge on any atom is -0.459 e. The molecule has 0 saturated heterocycles. The molecule has 0 aliphatic carbocycles. The summed E-state index contributed by atoms with van der Waals surface area (Å²) in [6.45, 7) is 5.56. The quantitative estimate of drug-likeness (QED) is 0.680. The second kappa shape index (κ2) is 6.34. The number of rotatable bonds is 4. The van der Waals surface area contributed by atoms with Crippen molar-refractivity contribution in [3.8, 4) is 0 Å². The Bertz CT molecular complexity index is 429. The van der Waals surface area contributed by atoms with E-state index in [-0.39, 0.29) is 5.97 Å². The van der Waals surface area contributed by atoms with Crippen LogP contribution >= 0.6 is 23.4 Å². The Labute approximate surface area is 117 Å². The molecule has 0 saturated carbocycles. The van der Waals surface area contributed by atoms with E-state index in [9.17, 15) is 4.79 Å². The lowest BCUT2D eigenvalue weighted by molar-refractivity contribution is -0.151. The van der Waals surface area contributed by atoms with Gasteiger partial charge in [0.05, 0.1) is 5.75 Å². The van der Waals surface area contributed by atoms with Crippen LogP contribution in [0, 0.1) is 0 Å². The number of anilines is 1. The average molecular weight is 288 g/mol. The van der Waals surface area contributed by atoms with E-state index < -0.39 is 5.60 Å². The van der Waals surface area contributed by atoms with E-state index in [1.54, 1.807) is 12.1 Å². The molecule has 1 aromatic carbocycles. The van der Waals surface area contributed by atoms with Crippen LogP contribution in [0.5, 0.6) is 0 Å². The van der Waals surface area contributed by atoms with Crippen molar-refractivity contribution in [2.75, 3.05) is 11.5 Å². The highest BCUT2D eigenvalue weighted by molar-refractivity contribution is 7.99. The van der Waals surface area contributed by atoms with Crippen LogP contribution in [0.25, 0.3) is 0 Å². The van der Waals surface area contributed by atoms with Gasteiger partial charge in [-0.3, -0.25) is 4.79 Å². The van der Waals surface area contributed by atoms with Gasteiger partial charge in [-0.1, -0.05) is 17.7 Å². The third kappa shape index (κ3) is 5.65. The molecule has 0 atom stereocenters. The Morgan fingerprint density at radius 2 is 2.11 bits per heavy atom. The van der Waals surface area contributed by atoms with Crippen molar-refractivity contribution in [1.82, 2.24) is 0 Å². The van der Waals surface area contributed by atoms with Gasteiger partial charge >= 0.3 is 5.97 Å². The van der Waals surface area contributed by atoms with Gasteiger partial charge in [-0.2, -0.15) is 0 Å². The van der Waals surface area contributed by atoms with Crippen LogP contribution in [0.15, 0.2) is 18.2 Å². The number of nitrogens with two attached hydrogens (primary N) is 1. The first-order chi connectivity index (χ1) is 8.28. The Morgan fingerprint density at radius 1 is 1.44 bits per heavy atom. The molecule has 1 rings (SSSR count). The molecule has 0 radical (unpaired) electrons. The summed E-state index contributed by atoms with van der Waals surface area (Å²) in [5, 5.41) is 0.619. The van der Waals surface area contributed by atoms with Crippen LogP contribution in [0.1, 0.15) is 26.3 Å². The van der Waals surface area contributed by atoms with Crippen molar-refractivity contribution in [1.29, 1.82) is 0 Å². The summed E-state index contributed by atoms with van der Waals surface area (Å²) in [5.41, 5.74) is 7.02. The number of carbonyl (C=O) groups is 1. The number of hydrogen-bond acceptors (Lipinski definition) is 4. The van der Waals surface area contributed by atoms with Gasteiger partial charge in [0.15, 0.2) is 0 Å². The van der Waals surface area contributed by atoms with Gasteiger partial charge in [0.2, 0.25) is 0 Å². The van der Waals surface area contributed by atoms with Crippen molar-refractivity contribution >= 4 is 35.0 Å². The van der Waals surface area contributed by atoms with Gasteiger partial charge in [0.25, 0.3) is 0 Å². The number of nitrogen functional groups attached to an aromatic ring is 1. The zero-order valence-electron chi connectivity index (χ0n) is 10.8. The zero-order chi connectivity index (χ0) is 13.8. The highest BCUT2D eigenvalue weighted by atomic mass is 35.5. The van der Waals surface area contributed by atoms with Gasteiger partial charge in [-0.05, 0) is 38.5 Å². The molecule has 0 spiro atoms. The fraction of sp³-hybridized carbons (Fsp3) is 0.462. The Hall–Kier alpha value is -0.870. The minimum absolute atomic E-state index is 0.208. The molecule has 2 N–H and O–H groups in total. The predicted octanol–water partition coefficient (Wildman–Crippen LogP) is 3.50. The smallest absolute Gasteiger partial charge is 0.316 e. The van der Waals surface area contributed by atoms with Crippen molar-refractivity contribution in [2.24, 2.45) is 0 Å². The lowest BCUT2D eigenvalue weighted by Crippen LogP contribution is -2.24. The highest BCUT2D eigenvalue weighted by Gasteiger charge is 2.16. The molecule has 5 heteroatoms. The fourth-order valence-electron chi connectivity index (χ4n) is 1.31. The van der Waals surface area contributed by atoms with Crippen LogP contribution in [0.3, 0.4) is 0 Å². The maximum Gasteiger partial charge on any atom is 0.316 e. The topological polar surface area (TPSA) is 52.3 Å². The first-order valence-electron chi connectivity index (χ1n) is 5.61. The summed E-state index contributed by atoms with van der Waals surface area (Å²) in [6.07, 6.45) is 0. The fourth-order valence-corrected chi connectivity index (χ4v) is 2.30. The van der Waals surface area contributed by atoms with E-state index in [0.717, 1.165) is 5.56 Å². The van der Waals surface area contributed by atoms with Crippen LogP contribution < -0.4 is 5.73 Å². The van der Waals surface area contributed by atoms with Crippen LogP contribution in [-0.2, 0) is 15.3 Å².